The van der Waals surface area contributed by atoms with Gasteiger partial charge in [-0.05, 0) is 19.1 Å². The van der Waals surface area contributed by atoms with Crippen LogP contribution in [0.15, 0.2) is 18.2 Å². The smallest absolute Gasteiger partial charge is 0.411 e. The highest BCUT2D eigenvalue weighted by Crippen LogP contribution is 2.38. The zero-order valence-corrected chi connectivity index (χ0v) is 13.1. The molecule has 0 radical (unpaired) electrons. The minimum Gasteiger partial charge on any atom is -0.453 e. The number of halogens is 5. The first-order chi connectivity index (χ1) is 11.3. The van der Waals surface area contributed by atoms with E-state index in [1.54, 1.807) is 0 Å². The van der Waals surface area contributed by atoms with Gasteiger partial charge in [-0.3, -0.25) is 5.32 Å². The van der Waals surface area contributed by atoms with Crippen molar-refractivity contribution in [2.45, 2.75) is 6.92 Å². The number of anilines is 1. The predicted molar refractivity (Wildman–Crippen MR) is 78.6 cm³/mol. The van der Waals surface area contributed by atoms with Crippen molar-refractivity contribution in [3.8, 4) is 11.5 Å². The number of hydrogen-bond acceptors (Lipinski definition) is 3. The fourth-order valence-electron chi connectivity index (χ4n) is 1.75. The molecule has 9 heteroatoms. The van der Waals surface area contributed by atoms with Gasteiger partial charge in [0.2, 0.25) is 5.82 Å². The van der Waals surface area contributed by atoms with Gasteiger partial charge in [0.15, 0.2) is 23.2 Å². The first-order valence-electron chi connectivity index (χ1n) is 6.41. The van der Waals surface area contributed by atoms with Gasteiger partial charge >= 0.3 is 6.09 Å². The highest BCUT2D eigenvalue weighted by atomic mass is 35.5. The van der Waals surface area contributed by atoms with Gasteiger partial charge < -0.3 is 9.47 Å². The monoisotopic (exact) mass is 363 g/mol. The van der Waals surface area contributed by atoms with Crippen molar-refractivity contribution in [2.24, 2.45) is 0 Å². The van der Waals surface area contributed by atoms with Gasteiger partial charge in [0, 0.05) is 11.6 Å². The van der Waals surface area contributed by atoms with Gasteiger partial charge in [0.25, 0.3) is 0 Å². The average Bonchev–Trinajstić information content (AvgIpc) is 2.57. The molecule has 2 aromatic rings. The van der Waals surface area contributed by atoms with Crippen molar-refractivity contribution in [1.82, 2.24) is 0 Å². The molecular weight excluding hydrogens is 354 g/mol. The fraction of sp³-hybridized carbons (Fsp3) is 0.133. The molecule has 0 saturated carbocycles. The highest BCUT2D eigenvalue weighted by molar-refractivity contribution is 6.32. The molecule has 0 bridgehead atoms. The summed E-state index contributed by atoms with van der Waals surface area (Å²) in [5, 5.41) is 1.31. The van der Waals surface area contributed by atoms with Crippen LogP contribution in [0.25, 0.3) is 0 Å². The standard InChI is InChI=1S/C15H10ClF4NO3/c1-6-11(18)10(16)14(13(20)12(6)19)24-7-3-4-9(8(17)5-7)21-15(22)23-2/h3-5H,1-2H3,(H,21,22). The van der Waals surface area contributed by atoms with E-state index in [2.05, 4.69) is 10.1 Å². The summed E-state index contributed by atoms with van der Waals surface area (Å²) in [6, 6.07) is 3.00. The van der Waals surface area contributed by atoms with Gasteiger partial charge in [0.1, 0.15) is 10.8 Å². The molecule has 0 spiro atoms. The summed E-state index contributed by atoms with van der Waals surface area (Å²) in [5.74, 6) is -6.29. The van der Waals surface area contributed by atoms with E-state index in [1.165, 1.54) is 0 Å². The largest absolute Gasteiger partial charge is 0.453 e. The van der Waals surface area contributed by atoms with Gasteiger partial charge in [-0.25, -0.2) is 18.0 Å². The normalized spacial score (nSPS) is 10.5. The predicted octanol–water partition coefficient (Wildman–Crippen LogP) is 5.18. The number of rotatable bonds is 3. The van der Waals surface area contributed by atoms with Gasteiger partial charge in [-0.15, -0.1) is 0 Å². The van der Waals surface area contributed by atoms with E-state index in [-0.39, 0.29) is 11.4 Å². The topological polar surface area (TPSA) is 47.6 Å². The maximum atomic E-state index is 13.9. The van der Waals surface area contributed by atoms with Crippen molar-refractivity contribution in [1.29, 1.82) is 0 Å². The summed E-state index contributed by atoms with van der Waals surface area (Å²) in [5.41, 5.74) is -0.837. The molecule has 0 fully saturated rings. The Balaban J connectivity index is 2.36. The minimum absolute atomic E-state index is 0.234. The molecule has 0 aliphatic rings. The van der Waals surface area contributed by atoms with Crippen LogP contribution in [0.4, 0.5) is 28.0 Å². The summed E-state index contributed by atoms with van der Waals surface area (Å²) in [6.45, 7) is 1.01. The zero-order valence-electron chi connectivity index (χ0n) is 12.3. The Morgan fingerprint density at radius 3 is 2.38 bits per heavy atom. The summed E-state index contributed by atoms with van der Waals surface area (Å²) >= 11 is 5.61. The molecule has 0 aromatic heterocycles. The minimum atomic E-state index is -1.50. The van der Waals surface area contributed by atoms with Crippen molar-refractivity contribution in [3.63, 3.8) is 0 Å². The van der Waals surface area contributed by atoms with Crippen LogP contribution in [0, 0.1) is 30.2 Å². The van der Waals surface area contributed by atoms with Crippen LogP contribution in [0.2, 0.25) is 5.02 Å². The number of methoxy groups -OCH3 is 1. The Hall–Kier alpha value is -2.48. The molecule has 1 N–H and O–H groups in total. The number of carbonyl (C=O) groups is 1. The maximum absolute atomic E-state index is 13.9. The number of amides is 1. The molecule has 0 saturated heterocycles. The van der Waals surface area contributed by atoms with Gasteiger partial charge in [0.05, 0.1) is 12.8 Å². The van der Waals surface area contributed by atoms with Crippen LogP contribution in [-0.2, 0) is 4.74 Å². The maximum Gasteiger partial charge on any atom is 0.411 e. The van der Waals surface area contributed by atoms with Crippen molar-refractivity contribution < 1.29 is 31.8 Å². The molecule has 2 aromatic carbocycles. The second-order valence-corrected chi connectivity index (χ2v) is 4.95. The first kappa shape index (κ1) is 17.9. The van der Waals surface area contributed by atoms with E-state index < -0.39 is 45.7 Å². The van der Waals surface area contributed by atoms with Crippen LogP contribution in [0.5, 0.6) is 11.5 Å². The Morgan fingerprint density at radius 2 is 1.79 bits per heavy atom. The van der Waals surface area contributed by atoms with E-state index in [0.717, 1.165) is 32.2 Å². The molecule has 0 unspecified atom stereocenters. The average molecular weight is 364 g/mol. The van der Waals surface area contributed by atoms with Crippen molar-refractivity contribution in [2.75, 3.05) is 12.4 Å². The van der Waals surface area contributed by atoms with Gasteiger partial charge in [-0.1, -0.05) is 11.6 Å². The molecular formula is C15H10ClF4NO3. The molecule has 0 atom stereocenters. The molecule has 24 heavy (non-hydrogen) atoms. The number of nitrogens with one attached hydrogen (secondary N) is 1. The second kappa shape index (κ2) is 6.96. The third-order valence-electron chi connectivity index (χ3n) is 3.03. The quantitative estimate of drug-likeness (QED) is 0.604. The molecule has 4 nitrogen and oxygen atoms in total. The van der Waals surface area contributed by atoms with Crippen LogP contribution < -0.4 is 10.1 Å². The molecule has 2 rings (SSSR count). The number of hydrogen-bond donors (Lipinski definition) is 1. The van der Waals surface area contributed by atoms with Crippen LogP contribution in [-0.4, -0.2) is 13.2 Å². The zero-order chi connectivity index (χ0) is 18.0. The molecule has 0 heterocycles. The summed E-state index contributed by atoms with van der Waals surface area (Å²) in [6.07, 6.45) is -0.903. The third kappa shape index (κ3) is 3.38. The summed E-state index contributed by atoms with van der Waals surface area (Å²) in [7, 11) is 1.09. The molecule has 128 valence electrons. The van der Waals surface area contributed by atoms with Crippen LogP contribution in [0.3, 0.4) is 0 Å². The second-order valence-electron chi connectivity index (χ2n) is 4.57. The van der Waals surface area contributed by atoms with Crippen LogP contribution >= 0.6 is 11.6 Å². The Bertz CT molecular complexity index is 785. The molecule has 0 aliphatic carbocycles. The lowest BCUT2D eigenvalue weighted by Gasteiger charge is -2.13. The molecule has 1 amide bonds. The highest BCUT2D eigenvalue weighted by Gasteiger charge is 2.23. The van der Waals surface area contributed by atoms with Gasteiger partial charge in [-0.2, -0.15) is 4.39 Å². The fourth-order valence-corrected chi connectivity index (χ4v) is 2.01. The number of ether oxygens (including phenoxy) is 2. The van der Waals surface area contributed by atoms with E-state index in [4.69, 9.17) is 16.3 Å². The Labute approximate surface area is 138 Å². The van der Waals surface area contributed by atoms with E-state index in [9.17, 15) is 22.4 Å². The van der Waals surface area contributed by atoms with E-state index in [1.807, 2.05) is 0 Å². The lowest BCUT2D eigenvalue weighted by Crippen LogP contribution is -2.12. The molecule has 0 aliphatic heterocycles. The third-order valence-corrected chi connectivity index (χ3v) is 3.36. The Kier molecular flexibility index (Phi) is 5.18. The number of benzene rings is 2. The lowest BCUT2D eigenvalue weighted by atomic mass is 10.2. The van der Waals surface area contributed by atoms with Crippen molar-refractivity contribution >= 4 is 23.4 Å². The summed E-state index contributed by atoms with van der Waals surface area (Å²) in [4.78, 5) is 11.0. The Morgan fingerprint density at radius 1 is 1.12 bits per heavy atom. The van der Waals surface area contributed by atoms with E-state index >= 15 is 0 Å². The van der Waals surface area contributed by atoms with Crippen LogP contribution in [0.1, 0.15) is 5.56 Å². The first-order valence-corrected chi connectivity index (χ1v) is 6.79. The van der Waals surface area contributed by atoms with Crippen molar-refractivity contribution in [3.05, 3.63) is 52.1 Å². The lowest BCUT2D eigenvalue weighted by molar-refractivity contribution is 0.186. The number of carbonyl (C=O) groups excluding carboxylic acids is 1. The SMILES string of the molecule is COC(=O)Nc1ccc(Oc2c(F)c(F)c(C)c(F)c2Cl)cc1F. The van der Waals surface area contributed by atoms with E-state index in [0.29, 0.717) is 0 Å². The summed E-state index contributed by atoms with van der Waals surface area (Å²) < 4.78 is 64.3.